The first-order chi connectivity index (χ1) is 40.5. The standard InChI is InChI=1S/C76H134O6/c1-4-7-10-13-16-19-22-25-27-29-31-33-35-36-37-38-39-40-42-43-45-47-49-51-54-57-60-63-66-69-75(78)81-72-73(71-80-74(77)68-65-62-59-56-53-24-21-18-15-12-9-6-3)82-76(79)70-67-64-61-58-55-52-50-48-46-44-41-34-32-30-28-26-23-20-17-14-11-8-5-2/h7,10,16,18-19,21,25,27,30-33,36-37,73H,4-6,8-9,11-15,17,20,22-24,26,28-29,34-35,38-72H2,1-3H3/b10-7-,19-16-,21-18-,27-25-,32-30-,33-31-,37-36-. The van der Waals surface area contributed by atoms with Crippen molar-refractivity contribution in [3.05, 3.63) is 85.1 Å². The number of unbranched alkanes of at least 4 members (excludes halogenated alkanes) is 40. The van der Waals surface area contributed by atoms with Gasteiger partial charge in [0.2, 0.25) is 0 Å². The number of ether oxygens (including phenoxy) is 3. The summed E-state index contributed by atoms with van der Waals surface area (Å²) in [5.74, 6) is -0.870. The molecule has 6 nitrogen and oxygen atoms in total. The number of hydrogen-bond acceptors (Lipinski definition) is 6. The molecule has 0 aromatic heterocycles. The Morgan fingerprint density at radius 1 is 0.256 bits per heavy atom. The monoisotopic (exact) mass is 1140 g/mol. The predicted octanol–water partition coefficient (Wildman–Crippen LogP) is 24.6. The molecule has 0 amide bonds. The molecule has 0 aromatic rings. The normalized spacial score (nSPS) is 12.6. The van der Waals surface area contributed by atoms with Crippen LogP contribution in [0.2, 0.25) is 0 Å². The Bertz CT molecular complexity index is 1550. The van der Waals surface area contributed by atoms with Gasteiger partial charge in [-0.3, -0.25) is 14.4 Å². The lowest BCUT2D eigenvalue weighted by molar-refractivity contribution is -0.167. The van der Waals surface area contributed by atoms with Gasteiger partial charge in [-0.2, -0.15) is 0 Å². The van der Waals surface area contributed by atoms with Crippen molar-refractivity contribution in [1.82, 2.24) is 0 Å². The molecule has 0 bridgehead atoms. The summed E-state index contributed by atoms with van der Waals surface area (Å²) >= 11 is 0. The van der Waals surface area contributed by atoms with E-state index in [9.17, 15) is 14.4 Å². The first-order valence-electron chi connectivity index (χ1n) is 35.6. The first kappa shape index (κ1) is 78.6. The summed E-state index contributed by atoms with van der Waals surface area (Å²) < 4.78 is 17.0. The van der Waals surface area contributed by atoms with Gasteiger partial charge >= 0.3 is 17.9 Å². The Balaban J connectivity index is 4.23. The number of esters is 3. The van der Waals surface area contributed by atoms with E-state index in [4.69, 9.17) is 14.2 Å². The largest absolute Gasteiger partial charge is 0.462 e. The van der Waals surface area contributed by atoms with Crippen LogP contribution in [0.3, 0.4) is 0 Å². The third kappa shape index (κ3) is 67.4. The molecule has 0 aromatic carbocycles. The lowest BCUT2D eigenvalue weighted by Crippen LogP contribution is -2.30. The van der Waals surface area contributed by atoms with E-state index in [-0.39, 0.29) is 31.1 Å². The molecule has 6 heteroatoms. The van der Waals surface area contributed by atoms with Crippen LogP contribution >= 0.6 is 0 Å². The second-order valence-corrected chi connectivity index (χ2v) is 23.8. The third-order valence-corrected chi connectivity index (χ3v) is 15.6. The highest BCUT2D eigenvalue weighted by molar-refractivity contribution is 5.71. The van der Waals surface area contributed by atoms with E-state index in [0.29, 0.717) is 19.3 Å². The van der Waals surface area contributed by atoms with Crippen molar-refractivity contribution in [2.45, 2.75) is 367 Å². The van der Waals surface area contributed by atoms with E-state index in [1.54, 1.807) is 0 Å². The van der Waals surface area contributed by atoms with Crippen LogP contribution in [0.15, 0.2) is 85.1 Å². The minimum absolute atomic E-state index is 0.0769. The molecule has 1 unspecified atom stereocenters. The van der Waals surface area contributed by atoms with Crippen LogP contribution in [0.5, 0.6) is 0 Å². The minimum atomic E-state index is -0.781. The topological polar surface area (TPSA) is 78.9 Å². The van der Waals surface area contributed by atoms with Gasteiger partial charge in [-0.25, -0.2) is 0 Å². The van der Waals surface area contributed by atoms with Crippen LogP contribution in [0, 0.1) is 0 Å². The van der Waals surface area contributed by atoms with E-state index >= 15 is 0 Å². The highest BCUT2D eigenvalue weighted by Crippen LogP contribution is 2.17. The molecule has 1 atom stereocenters. The molecule has 0 spiro atoms. The van der Waals surface area contributed by atoms with Crippen LogP contribution < -0.4 is 0 Å². The van der Waals surface area contributed by atoms with Gasteiger partial charge in [-0.05, 0) is 116 Å². The molecule has 0 radical (unpaired) electrons. The fraction of sp³-hybridized carbons (Fsp3) is 0.776. The van der Waals surface area contributed by atoms with E-state index in [1.807, 2.05) is 0 Å². The van der Waals surface area contributed by atoms with Crippen molar-refractivity contribution in [3.8, 4) is 0 Å². The second-order valence-electron chi connectivity index (χ2n) is 23.8. The van der Waals surface area contributed by atoms with E-state index in [0.717, 1.165) is 96.3 Å². The van der Waals surface area contributed by atoms with Crippen LogP contribution in [0.4, 0.5) is 0 Å². The maximum atomic E-state index is 13.0. The predicted molar refractivity (Wildman–Crippen MR) is 358 cm³/mol. The molecule has 0 aliphatic carbocycles. The maximum Gasteiger partial charge on any atom is 0.306 e. The van der Waals surface area contributed by atoms with E-state index < -0.39 is 6.10 Å². The molecule has 474 valence electrons. The summed E-state index contributed by atoms with van der Waals surface area (Å²) in [5, 5.41) is 0. The first-order valence-corrected chi connectivity index (χ1v) is 35.6. The molecule has 0 aliphatic heterocycles. The summed E-state index contributed by atoms with van der Waals surface area (Å²) in [6.07, 6.45) is 93.3. The summed E-state index contributed by atoms with van der Waals surface area (Å²) in [7, 11) is 0. The smallest absolute Gasteiger partial charge is 0.306 e. The van der Waals surface area contributed by atoms with Gasteiger partial charge in [0.1, 0.15) is 13.2 Å². The molecule has 0 aliphatic rings. The second kappa shape index (κ2) is 70.1. The van der Waals surface area contributed by atoms with Crippen molar-refractivity contribution in [2.24, 2.45) is 0 Å². The molecule has 82 heavy (non-hydrogen) atoms. The van der Waals surface area contributed by atoms with Gasteiger partial charge in [0.15, 0.2) is 6.10 Å². The molecule has 0 saturated carbocycles. The summed E-state index contributed by atoms with van der Waals surface area (Å²) in [5.41, 5.74) is 0. The molecule has 0 N–H and O–H groups in total. The van der Waals surface area contributed by atoms with Gasteiger partial charge in [-0.1, -0.05) is 311 Å². The molecule has 0 fully saturated rings. The van der Waals surface area contributed by atoms with E-state index in [1.165, 1.54) is 225 Å². The molecule has 0 heterocycles. The van der Waals surface area contributed by atoms with Gasteiger partial charge in [-0.15, -0.1) is 0 Å². The zero-order valence-electron chi connectivity index (χ0n) is 54.5. The Labute approximate surface area is 509 Å². The number of carbonyl (C=O) groups excluding carboxylic acids is 3. The van der Waals surface area contributed by atoms with Crippen LogP contribution in [0.1, 0.15) is 361 Å². The number of rotatable bonds is 65. The van der Waals surface area contributed by atoms with Crippen molar-refractivity contribution >= 4 is 17.9 Å². The Morgan fingerprint density at radius 3 is 0.780 bits per heavy atom. The molecule has 0 rings (SSSR count). The highest BCUT2D eigenvalue weighted by Gasteiger charge is 2.19. The zero-order valence-corrected chi connectivity index (χ0v) is 54.5. The SMILES string of the molecule is CC/C=C\C/C=C\C/C=C\C/C=C\C/C=C\CCCCCCCCCCCCCCCC(=O)OCC(COC(=O)CCCCCCC/C=C\CCCCC)OC(=O)CCCCCCCCCCCCC/C=C\CCCCCCCCCC. The Kier molecular flexibility index (Phi) is 67.2. The van der Waals surface area contributed by atoms with Gasteiger partial charge in [0.05, 0.1) is 0 Å². The lowest BCUT2D eigenvalue weighted by atomic mass is 10.0. The summed E-state index contributed by atoms with van der Waals surface area (Å²) in [6.45, 7) is 6.54. The van der Waals surface area contributed by atoms with Crippen LogP contribution in [0.25, 0.3) is 0 Å². The number of allylic oxidation sites excluding steroid dienone is 14. The van der Waals surface area contributed by atoms with Crippen molar-refractivity contribution in [3.63, 3.8) is 0 Å². The molecular weight excluding hydrogens is 1010 g/mol. The van der Waals surface area contributed by atoms with Crippen molar-refractivity contribution < 1.29 is 28.6 Å². The number of carbonyl (C=O) groups is 3. The summed E-state index contributed by atoms with van der Waals surface area (Å²) in [6, 6.07) is 0. The van der Waals surface area contributed by atoms with Crippen molar-refractivity contribution in [2.75, 3.05) is 13.2 Å². The Morgan fingerprint density at radius 2 is 0.476 bits per heavy atom. The van der Waals surface area contributed by atoms with Gasteiger partial charge in [0.25, 0.3) is 0 Å². The van der Waals surface area contributed by atoms with Gasteiger partial charge in [0, 0.05) is 19.3 Å². The zero-order chi connectivity index (χ0) is 59.2. The fourth-order valence-corrected chi connectivity index (χ4v) is 10.3. The Hall–Kier alpha value is -3.41. The quantitative estimate of drug-likeness (QED) is 0.0261. The number of hydrogen-bond donors (Lipinski definition) is 0. The molecular formula is C76H134O6. The van der Waals surface area contributed by atoms with E-state index in [2.05, 4.69) is 106 Å². The molecule has 0 saturated heterocycles. The highest BCUT2D eigenvalue weighted by atomic mass is 16.6. The maximum absolute atomic E-state index is 13.0. The minimum Gasteiger partial charge on any atom is -0.462 e. The third-order valence-electron chi connectivity index (χ3n) is 15.6. The summed E-state index contributed by atoms with van der Waals surface area (Å²) in [4.78, 5) is 38.4. The van der Waals surface area contributed by atoms with Crippen LogP contribution in [-0.4, -0.2) is 37.2 Å². The lowest BCUT2D eigenvalue weighted by Gasteiger charge is -2.18. The van der Waals surface area contributed by atoms with Gasteiger partial charge < -0.3 is 14.2 Å². The van der Waals surface area contributed by atoms with Crippen LogP contribution in [-0.2, 0) is 28.6 Å². The average molecular weight is 1140 g/mol. The average Bonchev–Trinajstić information content (AvgIpc) is 3.47. The van der Waals surface area contributed by atoms with Crippen molar-refractivity contribution in [1.29, 1.82) is 0 Å². The fourth-order valence-electron chi connectivity index (χ4n) is 10.3.